The Morgan fingerprint density at radius 3 is 2.14 bits per heavy atom. The van der Waals surface area contributed by atoms with Crippen LogP contribution in [-0.4, -0.2) is 50.3 Å². The highest BCUT2D eigenvalue weighted by Crippen LogP contribution is 2.33. The van der Waals surface area contributed by atoms with Gasteiger partial charge in [0.2, 0.25) is 0 Å². The lowest BCUT2D eigenvalue weighted by atomic mass is 10.1. The van der Waals surface area contributed by atoms with Crippen LogP contribution < -0.4 is 24.4 Å². The molecule has 3 aromatic carbocycles. The standard InChI is InChI=1S/C27H26N4O5/c1-33-21-12-10-18(11-13-21)22-15-23(31(30-22)20-8-6-5-7-9-20)27(32)29-28-17-19-14-25(35-3)26(36-4)16-24(19)34-2/h5-17H,1-4H3,(H,29,32). The van der Waals surface area contributed by atoms with Crippen LogP contribution in [0.15, 0.2) is 77.9 Å². The van der Waals surface area contributed by atoms with Gasteiger partial charge >= 0.3 is 0 Å². The summed E-state index contributed by atoms with van der Waals surface area (Å²) >= 11 is 0. The van der Waals surface area contributed by atoms with Crippen molar-refractivity contribution in [1.82, 2.24) is 15.2 Å². The molecule has 0 fully saturated rings. The minimum atomic E-state index is -0.429. The van der Waals surface area contributed by atoms with E-state index in [1.54, 1.807) is 37.1 Å². The number of hydrazone groups is 1. The maximum absolute atomic E-state index is 13.2. The van der Waals surface area contributed by atoms with Crippen molar-refractivity contribution in [2.75, 3.05) is 28.4 Å². The smallest absolute Gasteiger partial charge is 0.290 e. The highest BCUT2D eigenvalue weighted by molar-refractivity contribution is 5.95. The summed E-state index contributed by atoms with van der Waals surface area (Å²) in [5, 5.41) is 8.81. The van der Waals surface area contributed by atoms with Gasteiger partial charge in [-0.25, -0.2) is 10.1 Å². The molecule has 1 aromatic heterocycles. The quantitative estimate of drug-likeness (QED) is 0.279. The summed E-state index contributed by atoms with van der Waals surface area (Å²) in [5.74, 6) is 1.86. The van der Waals surface area contributed by atoms with Crippen LogP contribution in [0.2, 0.25) is 0 Å². The van der Waals surface area contributed by atoms with Gasteiger partial charge < -0.3 is 18.9 Å². The van der Waals surface area contributed by atoms with Gasteiger partial charge in [0.05, 0.1) is 46.0 Å². The number of aromatic nitrogens is 2. The first-order chi connectivity index (χ1) is 17.6. The average Bonchev–Trinajstić information content (AvgIpc) is 3.39. The lowest BCUT2D eigenvalue weighted by Gasteiger charge is -2.11. The highest BCUT2D eigenvalue weighted by atomic mass is 16.5. The number of amides is 1. The molecule has 0 radical (unpaired) electrons. The molecule has 0 saturated heterocycles. The Hall–Kier alpha value is -4.79. The van der Waals surface area contributed by atoms with Crippen LogP contribution in [0.25, 0.3) is 16.9 Å². The van der Waals surface area contributed by atoms with Gasteiger partial charge in [0, 0.05) is 17.2 Å². The number of benzene rings is 3. The van der Waals surface area contributed by atoms with E-state index in [2.05, 4.69) is 15.6 Å². The summed E-state index contributed by atoms with van der Waals surface area (Å²) in [5.41, 5.74) is 5.73. The molecule has 9 nitrogen and oxygen atoms in total. The molecular formula is C27H26N4O5. The number of ether oxygens (including phenoxy) is 4. The summed E-state index contributed by atoms with van der Waals surface area (Å²) in [4.78, 5) is 13.2. The van der Waals surface area contributed by atoms with E-state index in [4.69, 9.17) is 18.9 Å². The summed E-state index contributed by atoms with van der Waals surface area (Å²) < 4.78 is 22.9. The van der Waals surface area contributed by atoms with Crippen LogP contribution in [0, 0.1) is 0 Å². The van der Waals surface area contributed by atoms with E-state index in [9.17, 15) is 4.79 Å². The molecule has 36 heavy (non-hydrogen) atoms. The second-order valence-corrected chi connectivity index (χ2v) is 7.54. The van der Waals surface area contributed by atoms with Crippen LogP contribution >= 0.6 is 0 Å². The number of nitrogens with zero attached hydrogens (tertiary/aromatic N) is 3. The monoisotopic (exact) mass is 486 g/mol. The topological polar surface area (TPSA) is 96.2 Å². The second-order valence-electron chi connectivity index (χ2n) is 7.54. The number of hydrogen-bond acceptors (Lipinski definition) is 7. The number of methoxy groups -OCH3 is 4. The molecule has 9 heteroatoms. The average molecular weight is 487 g/mol. The van der Waals surface area contributed by atoms with Crippen molar-refractivity contribution in [3.63, 3.8) is 0 Å². The van der Waals surface area contributed by atoms with Crippen molar-refractivity contribution in [2.24, 2.45) is 5.10 Å². The summed E-state index contributed by atoms with van der Waals surface area (Å²) in [6.07, 6.45) is 1.48. The van der Waals surface area contributed by atoms with Crippen molar-refractivity contribution in [2.45, 2.75) is 0 Å². The van der Waals surface area contributed by atoms with Gasteiger partial charge in [-0.2, -0.15) is 10.2 Å². The second kappa shape index (κ2) is 11.1. The number of carbonyl (C=O) groups is 1. The third kappa shape index (κ3) is 5.15. The first-order valence-corrected chi connectivity index (χ1v) is 11.0. The fourth-order valence-corrected chi connectivity index (χ4v) is 3.58. The molecule has 1 amide bonds. The van der Waals surface area contributed by atoms with E-state index in [0.717, 1.165) is 17.0 Å². The molecule has 4 rings (SSSR count). The number of nitrogens with one attached hydrogen (secondary N) is 1. The van der Waals surface area contributed by atoms with E-state index in [0.29, 0.717) is 34.2 Å². The third-order valence-electron chi connectivity index (χ3n) is 5.43. The Balaban J connectivity index is 1.64. The Kier molecular flexibility index (Phi) is 7.50. The van der Waals surface area contributed by atoms with Gasteiger partial charge in [-0.1, -0.05) is 18.2 Å². The van der Waals surface area contributed by atoms with Crippen LogP contribution in [0.5, 0.6) is 23.0 Å². The molecule has 1 heterocycles. The van der Waals surface area contributed by atoms with E-state index in [1.807, 2.05) is 54.6 Å². The molecule has 184 valence electrons. The Bertz CT molecular complexity index is 1370. The minimum absolute atomic E-state index is 0.323. The van der Waals surface area contributed by atoms with Crippen LogP contribution in [-0.2, 0) is 0 Å². The lowest BCUT2D eigenvalue weighted by molar-refractivity contribution is 0.0947. The molecule has 0 spiro atoms. The van der Waals surface area contributed by atoms with E-state index < -0.39 is 5.91 Å². The van der Waals surface area contributed by atoms with Crippen LogP contribution in [0.1, 0.15) is 16.1 Å². The van der Waals surface area contributed by atoms with Gasteiger partial charge in [-0.15, -0.1) is 0 Å². The zero-order valence-corrected chi connectivity index (χ0v) is 20.4. The molecular weight excluding hydrogens is 460 g/mol. The van der Waals surface area contributed by atoms with Gasteiger partial charge in [-0.3, -0.25) is 4.79 Å². The maximum atomic E-state index is 13.2. The predicted octanol–water partition coefficient (Wildman–Crippen LogP) is 4.34. The maximum Gasteiger partial charge on any atom is 0.290 e. The first kappa shape index (κ1) is 24.3. The molecule has 0 unspecified atom stereocenters. The van der Waals surface area contributed by atoms with Crippen molar-refractivity contribution >= 4 is 12.1 Å². The Labute approximate surface area is 208 Å². The molecule has 4 aromatic rings. The fourth-order valence-electron chi connectivity index (χ4n) is 3.58. The summed E-state index contributed by atoms with van der Waals surface area (Å²) in [6, 6.07) is 22.0. The largest absolute Gasteiger partial charge is 0.497 e. The minimum Gasteiger partial charge on any atom is -0.497 e. The first-order valence-electron chi connectivity index (χ1n) is 11.0. The lowest BCUT2D eigenvalue weighted by Crippen LogP contribution is -2.21. The van der Waals surface area contributed by atoms with Crippen molar-refractivity contribution in [1.29, 1.82) is 0 Å². The zero-order chi connectivity index (χ0) is 25.5. The van der Waals surface area contributed by atoms with Gasteiger partial charge in [0.15, 0.2) is 11.5 Å². The van der Waals surface area contributed by atoms with Crippen LogP contribution in [0.3, 0.4) is 0 Å². The summed E-state index contributed by atoms with van der Waals surface area (Å²) in [6.45, 7) is 0. The Morgan fingerprint density at radius 1 is 0.833 bits per heavy atom. The number of hydrogen-bond donors (Lipinski definition) is 1. The molecule has 0 atom stereocenters. The molecule has 0 aliphatic carbocycles. The normalized spacial score (nSPS) is 10.8. The number of carbonyl (C=O) groups excluding carboxylic acids is 1. The van der Waals surface area contributed by atoms with Gasteiger partial charge in [-0.05, 0) is 48.5 Å². The van der Waals surface area contributed by atoms with Gasteiger partial charge in [0.25, 0.3) is 5.91 Å². The SMILES string of the molecule is COc1ccc(-c2cc(C(=O)NN=Cc3cc(OC)c(OC)cc3OC)n(-c3ccccc3)n2)cc1. The van der Waals surface area contributed by atoms with E-state index in [1.165, 1.54) is 20.4 Å². The van der Waals surface area contributed by atoms with Crippen LogP contribution in [0.4, 0.5) is 0 Å². The van der Waals surface area contributed by atoms with Gasteiger partial charge in [0.1, 0.15) is 17.2 Å². The van der Waals surface area contributed by atoms with E-state index >= 15 is 0 Å². The summed E-state index contributed by atoms with van der Waals surface area (Å²) in [7, 11) is 6.23. The van der Waals surface area contributed by atoms with Crippen molar-refractivity contribution < 1.29 is 23.7 Å². The predicted molar refractivity (Wildman–Crippen MR) is 137 cm³/mol. The zero-order valence-electron chi connectivity index (χ0n) is 20.4. The van der Waals surface area contributed by atoms with Crippen molar-refractivity contribution in [3.8, 4) is 39.9 Å². The molecule has 1 N–H and O–H groups in total. The van der Waals surface area contributed by atoms with Crippen molar-refractivity contribution in [3.05, 3.63) is 84.1 Å². The molecule has 0 aliphatic rings. The molecule has 0 aliphatic heterocycles. The Morgan fingerprint density at radius 2 is 1.50 bits per heavy atom. The molecule has 0 bridgehead atoms. The molecule has 0 saturated carbocycles. The fraction of sp³-hybridized carbons (Fsp3) is 0.148. The number of rotatable bonds is 9. The highest BCUT2D eigenvalue weighted by Gasteiger charge is 2.18. The number of para-hydroxylation sites is 1. The van der Waals surface area contributed by atoms with E-state index in [-0.39, 0.29) is 0 Å². The third-order valence-corrected chi connectivity index (χ3v) is 5.43.